The van der Waals surface area contributed by atoms with E-state index in [2.05, 4.69) is 5.32 Å². The molecule has 1 amide bonds. The van der Waals surface area contributed by atoms with E-state index in [0.717, 1.165) is 16.2 Å². The van der Waals surface area contributed by atoms with E-state index in [-0.39, 0.29) is 12.5 Å². The summed E-state index contributed by atoms with van der Waals surface area (Å²) in [5.74, 6) is 0.592. The van der Waals surface area contributed by atoms with Gasteiger partial charge in [-0.2, -0.15) is 0 Å². The predicted molar refractivity (Wildman–Crippen MR) is 98.6 cm³/mol. The summed E-state index contributed by atoms with van der Waals surface area (Å²) >= 11 is 18.0. The molecule has 0 fully saturated rings. The maximum absolute atomic E-state index is 12.2. The molecule has 1 unspecified atom stereocenters. The number of methoxy groups -OCH3 is 1. The molecule has 0 saturated carbocycles. The summed E-state index contributed by atoms with van der Waals surface area (Å²) in [4.78, 5) is 13.2. The molecule has 0 saturated heterocycles. The first-order valence-corrected chi connectivity index (χ1v) is 8.41. The Kier molecular flexibility index (Phi) is 6.75. The van der Waals surface area contributed by atoms with Gasteiger partial charge < -0.3 is 15.0 Å². The minimum Gasteiger partial charge on any atom is -0.496 e. The molecule has 0 spiro atoms. The van der Waals surface area contributed by atoms with E-state index in [1.54, 1.807) is 31.4 Å². The Labute approximate surface area is 156 Å². The van der Waals surface area contributed by atoms with Crippen LogP contribution in [-0.4, -0.2) is 26.6 Å². The fraction of sp³-hybridized carbons (Fsp3) is 0.235. The van der Waals surface area contributed by atoms with Gasteiger partial charge in [0.1, 0.15) is 12.3 Å². The highest BCUT2D eigenvalue weighted by molar-refractivity contribution is 6.35. The fourth-order valence-corrected chi connectivity index (χ4v) is 2.87. The lowest BCUT2D eigenvalue weighted by molar-refractivity contribution is -0.885. The lowest BCUT2D eigenvalue weighted by Crippen LogP contribution is -3.08. The van der Waals surface area contributed by atoms with Crippen molar-refractivity contribution in [3.8, 4) is 5.75 Å². The molecule has 0 aromatic heterocycles. The quantitative estimate of drug-likeness (QED) is 0.797. The molecule has 2 rings (SSSR count). The zero-order valence-electron chi connectivity index (χ0n) is 13.3. The van der Waals surface area contributed by atoms with Gasteiger partial charge in [0, 0.05) is 15.6 Å². The molecule has 0 bridgehead atoms. The lowest BCUT2D eigenvalue weighted by atomic mass is 10.2. The summed E-state index contributed by atoms with van der Waals surface area (Å²) < 4.78 is 5.33. The second kappa shape index (κ2) is 8.58. The number of anilines is 1. The second-order valence-electron chi connectivity index (χ2n) is 5.44. The summed E-state index contributed by atoms with van der Waals surface area (Å²) in [6.07, 6.45) is 0. The van der Waals surface area contributed by atoms with Gasteiger partial charge in [-0.05, 0) is 36.4 Å². The number of carbonyl (C=O) groups is 1. The smallest absolute Gasteiger partial charge is 0.279 e. The third-order valence-electron chi connectivity index (χ3n) is 3.40. The Morgan fingerprint density at radius 2 is 1.79 bits per heavy atom. The number of ether oxygens (including phenoxy) is 1. The van der Waals surface area contributed by atoms with Crippen LogP contribution in [0.2, 0.25) is 15.1 Å². The van der Waals surface area contributed by atoms with Crippen molar-refractivity contribution in [2.75, 3.05) is 26.0 Å². The highest BCUT2D eigenvalue weighted by atomic mass is 35.5. The van der Waals surface area contributed by atoms with E-state index >= 15 is 0 Å². The molecule has 7 heteroatoms. The van der Waals surface area contributed by atoms with Crippen molar-refractivity contribution in [2.24, 2.45) is 0 Å². The van der Waals surface area contributed by atoms with Crippen LogP contribution in [0.4, 0.5) is 5.69 Å². The average Bonchev–Trinajstić information content (AvgIpc) is 2.51. The largest absolute Gasteiger partial charge is 0.496 e. The highest BCUT2D eigenvalue weighted by Crippen LogP contribution is 2.25. The van der Waals surface area contributed by atoms with Gasteiger partial charge in [0.05, 0.1) is 24.9 Å². The summed E-state index contributed by atoms with van der Waals surface area (Å²) in [5, 5.41) is 4.37. The van der Waals surface area contributed by atoms with Crippen molar-refractivity contribution in [1.29, 1.82) is 0 Å². The van der Waals surface area contributed by atoms with Crippen LogP contribution in [0.5, 0.6) is 5.75 Å². The number of halogens is 3. The van der Waals surface area contributed by atoms with Gasteiger partial charge in [-0.15, -0.1) is 0 Å². The Bertz CT molecular complexity index is 738. The molecule has 1 atom stereocenters. The van der Waals surface area contributed by atoms with E-state index in [4.69, 9.17) is 39.5 Å². The maximum atomic E-state index is 12.2. The molecule has 0 aliphatic carbocycles. The molecular weight excluding hydrogens is 371 g/mol. The zero-order chi connectivity index (χ0) is 17.7. The minimum atomic E-state index is -0.155. The summed E-state index contributed by atoms with van der Waals surface area (Å²) in [5.41, 5.74) is 1.44. The first-order valence-electron chi connectivity index (χ1n) is 7.27. The standard InChI is InChI=1S/C17H17Cl3N2O2/c1-22(9-11-7-12(18)4-6-16(11)24-2)10-17(23)21-15-8-13(19)3-5-14(15)20/h3-8H,9-10H2,1-2H3,(H,21,23)/p+1. The van der Waals surface area contributed by atoms with Gasteiger partial charge in [-0.1, -0.05) is 34.8 Å². The number of rotatable bonds is 6. The molecule has 0 aliphatic rings. The van der Waals surface area contributed by atoms with Crippen LogP contribution in [0.3, 0.4) is 0 Å². The van der Waals surface area contributed by atoms with Crippen molar-refractivity contribution in [3.05, 3.63) is 57.0 Å². The third kappa shape index (κ3) is 5.28. The Morgan fingerprint density at radius 3 is 2.50 bits per heavy atom. The van der Waals surface area contributed by atoms with Gasteiger partial charge in [0.2, 0.25) is 0 Å². The number of amides is 1. The van der Waals surface area contributed by atoms with E-state index in [0.29, 0.717) is 27.3 Å². The number of quaternary nitrogens is 1. The Morgan fingerprint density at radius 1 is 1.12 bits per heavy atom. The zero-order valence-corrected chi connectivity index (χ0v) is 15.6. The number of benzene rings is 2. The topological polar surface area (TPSA) is 42.8 Å². The average molecular weight is 389 g/mol. The molecule has 2 aromatic carbocycles. The number of nitrogens with one attached hydrogen (secondary N) is 2. The van der Waals surface area contributed by atoms with E-state index in [1.807, 2.05) is 19.2 Å². The van der Waals surface area contributed by atoms with Crippen molar-refractivity contribution in [3.63, 3.8) is 0 Å². The van der Waals surface area contributed by atoms with E-state index in [9.17, 15) is 4.79 Å². The van der Waals surface area contributed by atoms with Crippen LogP contribution < -0.4 is 15.0 Å². The molecule has 2 aromatic rings. The van der Waals surface area contributed by atoms with Crippen LogP contribution in [0.15, 0.2) is 36.4 Å². The van der Waals surface area contributed by atoms with Crippen LogP contribution in [-0.2, 0) is 11.3 Å². The third-order valence-corrected chi connectivity index (χ3v) is 4.20. The molecule has 2 N–H and O–H groups in total. The fourth-order valence-electron chi connectivity index (χ4n) is 2.33. The minimum absolute atomic E-state index is 0.155. The van der Waals surface area contributed by atoms with E-state index in [1.165, 1.54) is 0 Å². The highest BCUT2D eigenvalue weighted by Gasteiger charge is 2.15. The van der Waals surface area contributed by atoms with Crippen LogP contribution in [0.25, 0.3) is 0 Å². The van der Waals surface area contributed by atoms with Gasteiger partial charge in [0.15, 0.2) is 6.54 Å². The van der Waals surface area contributed by atoms with Crippen molar-refractivity contribution in [2.45, 2.75) is 6.54 Å². The first kappa shape index (κ1) is 18.9. The SMILES string of the molecule is COc1ccc(Cl)cc1C[NH+](C)CC(=O)Nc1cc(Cl)ccc1Cl. The maximum Gasteiger partial charge on any atom is 0.279 e. The Hall–Kier alpha value is -1.46. The number of hydrogen-bond acceptors (Lipinski definition) is 2. The Balaban J connectivity index is 1.99. The van der Waals surface area contributed by atoms with Gasteiger partial charge >= 0.3 is 0 Å². The van der Waals surface area contributed by atoms with Crippen molar-refractivity contribution >= 4 is 46.4 Å². The molecule has 0 heterocycles. The monoisotopic (exact) mass is 387 g/mol. The van der Waals surface area contributed by atoms with Gasteiger partial charge in [0.25, 0.3) is 5.91 Å². The first-order chi connectivity index (χ1) is 11.4. The van der Waals surface area contributed by atoms with Crippen LogP contribution >= 0.6 is 34.8 Å². The number of hydrogen-bond donors (Lipinski definition) is 2. The molecule has 128 valence electrons. The van der Waals surface area contributed by atoms with Gasteiger partial charge in [-0.3, -0.25) is 4.79 Å². The number of carbonyl (C=O) groups excluding carboxylic acids is 1. The lowest BCUT2D eigenvalue weighted by Gasteiger charge is -2.16. The number of likely N-dealkylation sites (N-methyl/N-ethyl adjacent to an activating group) is 1. The molecule has 24 heavy (non-hydrogen) atoms. The van der Waals surface area contributed by atoms with Crippen LogP contribution in [0, 0.1) is 0 Å². The predicted octanol–water partition coefficient (Wildman–Crippen LogP) is 3.31. The normalized spacial score (nSPS) is 11.9. The second-order valence-corrected chi connectivity index (χ2v) is 6.72. The molecule has 0 radical (unpaired) electrons. The molecule has 0 aliphatic heterocycles. The molecule has 4 nitrogen and oxygen atoms in total. The van der Waals surface area contributed by atoms with Crippen molar-refractivity contribution < 1.29 is 14.4 Å². The van der Waals surface area contributed by atoms with Crippen LogP contribution in [0.1, 0.15) is 5.56 Å². The molecular formula is C17H18Cl3N2O2+. The summed E-state index contributed by atoms with van der Waals surface area (Å²) in [7, 11) is 3.52. The van der Waals surface area contributed by atoms with Crippen molar-refractivity contribution in [1.82, 2.24) is 0 Å². The van der Waals surface area contributed by atoms with Gasteiger partial charge in [-0.25, -0.2) is 0 Å². The summed E-state index contributed by atoms with van der Waals surface area (Å²) in [6.45, 7) is 0.860. The van der Waals surface area contributed by atoms with E-state index < -0.39 is 0 Å². The summed E-state index contributed by atoms with van der Waals surface area (Å²) in [6, 6.07) is 10.4.